The van der Waals surface area contributed by atoms with Gasteiger partial charge >= 0.3 is 0 Å². The molecule has 0 spiro atoms. The highest BCUT2D eigenvalue weighted by atomic mass is 19.3. The third-order valence-corrected chi connectivity index (χ3v) is 7.85. The van der Waals surface area contributed by atoms with Crippen LogP contribution >= 0.6 is 0 Å². The summed E-state index contributed by atoms with van der Waals surface area (Å²) in [5.74, 6) is -2.25. The van der Waals surface area contributed by atoms with Gasteiger partial charge in [-0.05, 0) is 78.3 Å². The van der Waals surface area contributed by atoms with Gasteiger partial charge in [-0.3, -0.25) is 9.59 Å². The first kappa shape index (κ1) is 28.4. The van der Waals surface area contributed by atoms with Crippen LogP contribution < -0.4 is 10.9 Å². The predicted molar refractivity (Wildman–Crippen MR) is 157 cm³/mol. The second-order valence-corrected chi connectivity index (χ2v) is 11.0. The molecule has 1 unspecified atom stereocenters. The molecule has 5 aromatic rings. The zero-order valence-corrected chi connectivity index (χ0v) is 23.2. The molecule has 43 heavy (non-hydrogen) atoms. The maximum atomic E-state index is 13.9. The zero-order valence-electron chi connectivity index (χ0n) is 23.2. The molecule has 0 saturated heterocycles. The smallest absolute Gasteiger partial charge is 0.260 e. The highest BCUT2D eigenvalue weighted by Gasteiger charge is 2.28. The summed E-state index contributed by atoms with van der Waals surface area (Å²) < 4.78 is 55.7. The normalized spacial score (nSPS) is 13.9. The summed E-state index contributed by atoms with van der Waals surface area (Å²) in [7, 11) is 1.70. The fourth-order valence-corrected chi connectivity index (χ4v) is 5.53. The molecule has 3 heterocycles. The van der Waals surface area contributed by atoms with Gasteiger partial charge < -0.3 is 14.9 Å². The monoisotopic (exact) mass is 588 g/mol. The van der Waals surface area contributed by atoms with E-state index < -0.39 is 36.3 Å². The van der Waals surface area contributed by atoms with Crippen LogP contribution in [-0.4, -0.2) is 26.9 Å². The molecule has 1 saturated carbocycles. The standard InChI is InChI=1S/C33H28F4N4O2/c1-41-17-22(14-18-2-3-18)31-29(33(41)43)28(20-6-10-24(35)11-7-20)30(40-31)21-12-13-38-27(15-21)39-32(42)25(16-26(36)37)19-4-8-23(34)9-5-19/h4-13,15,17-18,25-26,40H,2-3,14,16H2,1H3,(H,38,39,42). The summed E-state index contributed by atoms with van der Waals surface area (Å²) in [4.78, 5) is 34.4. The number of rotatable bonds is 9. The minimum absolute atomic E-state index is 0.110. The second kappa shape index (κ2) is 11.5. The Bertz CT molecular complexity index is 1860. The number of carbonyl (C=O) groups excluding carboxylic acids is 1. The van der Waals surface area contributed by atoms with Crippen molar-refractivity contribution in [1.82, 2.24) is 14.5 Å². The molecular weight excluding hydrogens is 560 g/mol. The quantitative estimate of drug-likeness (QED) is 0.179. The maximum Gasteiger partial charge on any atom is 0.260 e. The van der Waals surface area contributed by atoms with Gasteiger partial charge in [-0.1, -0.05) is 24.3 Å². The van der Waals surface area contributed by atoms with E-state index in [9.17, 15) is 27.2 Å². The molecule has 220 valence electrons. The minimum Gasteiger partial charge on any atom is -0.354 e. The molecule has 1 fully saturated rings. The fraction of sp³-hybridized carbons (Fsp3) is 0.242. The number of aromatic amines is 1. The van der Waals surface area contributed by atoms with Crippen molar-refractivity contribution < 1.29 is 22.4 Å². The van der Waals surface area contributed by atoms with Gasteiger partial charge in [0, 0.05) is 37.0 Å². The third kappa shape index (κ3) is 5.95. The predicted octanol–water partition coefficient (Wildman–Crippen LogP) is 7.20. The van der Waals surface area contributed by atoms with Crippen molar-refractivity contribution in [3.63, 3.8) is 0 Å². The number of aromatic nitrogens is 3. The van der Waals surface area contributed by atoms with Crippen molar-refractivity contribution in [2.75, 3.05) is 5.32 Å². The number of halogens is 4. The van der Waals surface area contributed by atoms with Crippen molar-refractivity contribution in [2.45, 2.75) is 38.0 Å². The number of carbonyl (C=O) groups is 1. The topological polar surface area (TPSA) is 79.8 Å². The van der Waals surface area contributed by atoms with Crippen LogP contribution in [0.25, 0.3) is 33.3 Å². The van der Waals surface area contributed by atoms with Crippen LogP contribution in [0, 0.1) is 17.6 Å². The van der Waals surface area contributed by atoms with Crippen molar-refractivity contribution in [3.8, 4) is 22.4 Å². The maximum absolute atomic E-state index is 13.9. The number of alkyl halides is 2. The molecule has 10 heteroatoms. The van der Waals surface area contributed by atoms with Gasteiger partial charge in [0.2, 0.25) is 12.3 Å². The van der Waals surface area contributed by atoms with Crippen LogP contribution in [0.1, 0.15) is 36.3 Å². The number of fused-ring (bicyclic) bond motifs is 1. The van der Waals surface area contributed by atoms with Gasteiger partial charge in [0.25, 0.3) is 5.56 Å². The number of pyridine rings is 2. The third-order valence-electron chi connectivity index (χ3n) is 7.85. The van der Waals surface area contributed by atoms with E-state index in [0.29, 0.717) is 39.2 Å². The van der Waals surface area contributed by atoms with Gasteiger partial charge in [-0.2, -0.15) is 0 Å². The average molecular weight is 589 g/mol. The number of hydrogen-bond acceptors (Lipinski definition) is 3. The second-order valence-electron chi connectivity index (χ2n) is 11.0. The molecule has 6 nitrogen and oxygen atoms in total. The summed E-state index contributed by atoms with van der Waals surface area (Å²) in [6.45, 7) is 0. The highest BCUT2D eigenvalue weighted by molar-refractivity contribution is 6.05. The number of H-pyrrole nitrogens is 1. The molecule has 0 radical (unpaired) electrons. The molecule has 1 aliphatic carbocycles. The Morgan fingerprint density at radius 2 is 1.70 bits per heavy atom. The van der Waals surface area contributed by atoms with Crippen LogP contribution in [0.4, 0.5) is 23.4 Å². The lowest BCUT2D eigenvalue weighted by atomic mass is 9.95. The summed E-state index contributed by atoms with van der Waals surface area (Å²) in [6.07, 6.45) is 2.85. The summed E-state index contributed by atoms with van der Waals surface area (Å²) in [5.41, 5.74) is 4.08. The van der Waals surface area contributed by atoms with Gasteiger partial charge in [-0.15, -0.1) is 0 Å². The van der Waals surface area contributed by atoms with E-state index in [2.05, 4.69) is 15.3 Å². The van der Waals surface area contributed by atoms with Crippen LogP contribution in [0.15, 0.2) is 77.9 Å². The summed E-state index contributed by atoms with van der Waals surface area (Å²) in [5, 5.41) is 3.10. The fourth-order valence-electron chi connectivity index (χ4n) is 5.53. The van der Waals surface area contributed by atoms with Crippen molar-refractivity contribution in [3.05, 3.63) is 106 Å². The zero-order chi connectivity index (χ0) is 30.2. The minimum atomic E-state index is -2.77. The van der Waals surface area contributed by atoms with Crippen LogP contribution in [0.5, 0.6) is 0 Å². The van der Waals surface area contributed by atoms with Crippen molar-refractivity contribution in [1.29, 1.82) is 0 Å². The molecule has 1 amide bonds. The van der Waals surface area contributed by atoms with E-state index >= 15 is 0 Å². The highest BCUT2D eigenvalue weighted by Crippen LogP contribution is 2.40. The molecule has 1 atom stereocenters. The van der Waals surface area contributed by atoms with Gasteiger partial charge in [0.1, 0.15) is 17.5 Å². The number of nitrogens with zero attached hydrogens (tertiary/aromatic N) is 2. The first-order valence-corrected chi connectivity index (χ1v) is 14.0. The summed E-state index contributed by atoms with van der Waals surface area (Å²) in [6, 6.07) is 14.0. The van der Waals surface area contributed by atoms with E-state index in [4.69, 9.17) is 0 Å². The Balaban J connectivity index is 1.44. The lowest BCUT2D eigenvalue weighted by Crippen LogP contribution is -2.23. The van der Waals surface area contributed by atoms with Crippen LogP contribution in [-0.2, 0) is 18.3 Å². The molecule has 2 N–H and O–H groups in total. The van der Waals surface area contributed by atoms with E-state index in [1.54, 1.807) is 35.9 Å². The Morgan fingerprint density at radius 3 is 2.35 bits per heavy atom. The van der Waals surface area contributed by atoms with E-state index in [1.807, 2.05) is 6.20 Å². The largest absolute Gasteiger partial charge is 0.354 e. The molecular formula is C33H28F4N4O2. The Morgan fingerprint density at radius 1 is 1.02 bits per heavy atom. The van der Waals surface area contributed by atoms with Crippen molar-refractivity contribution >= 4 is 22.6 Å². The van der Waals surface area contributed by atoms with E-state index in [1.165, 1.54) is 30.5 Å². The molecule has 0 aliphatic heterocycles. The molecule has 1 aliphatic rings. The SMILES string of the molecule is Cn1cc(CC2CC2)c2[nH]c(-c3ccnc(NC(=O)C(CC(F)F)c4ccc(F)cc4)c3)c(-c3ccc(F)cc3)c2c1=O. The van der Waals surface area contributed by atoms with E-state index in [-0.39, 0.29) is 16.9 Å². The lowest BCUT2D eigenvalue weighted by molar-refractivity contribution is -0.118. The molecule has 2 aromatic carbocycles. The first-order chi connectivity index (χ1) is 20.7. The number of nitrogens with one attached hydrogen (secondary N) is 2. The number of aryl methyl sites for hydroxylation is 1. The molecule has 6 rings (SSSR count). The number of anilines is 1. The number of hydrogen-bond donors (Lipinski definition) is 2. The van der Waals surface area contributed by atoms with Crippen LogP contribution in [0.2, 0.25) is 0 Å². The van der Waals surface area contributed by atoms with Crippen molar-refractivity contribution in [2.24, 2.45) is 13.0 Å². The Labute approximate surface area is 244 Å². The Kier molecular flexibility index (Phi) is 7.60. The summed E-state index contributed by atoms with van der Waals surface area (Å²) >= 11 is 0. The molecule has 0 bridgehead atoms. The average Bonchev–Trinajstić information content (AvgIpc) is 3.71. The molecule has 3 aromatic heterocycles. The number of benzene rings is 2. The van der Waals surface area contributed by atoms with Gasteiger partial charge in [-0.25, -0.2) is 22.5 Å². The Hall–Kier alpha value is -4.73. The number of amides is 1. The van der Waals surface area contributed by atoms with Gasteiger partial charge in [0.05, 0.1) is 22.5 Å². The first-order valence-electron chi connectivity index (χ1n) is 14.0. The van der Waals surface area contributed by atoms with E-state index in [0.717, 1.165) is 37.0 Å². The van der Waals surface area contributed by atoms with Gasteiger partial charge in [0.15, 0.2) is 0 Å². The van der Waals surface area contributed by atoms with Crippen LogP contribution in [0.3, 0.4) is 0 Å². The lowest BCUT2D eigenvalue weighted by Gasteiger charge is -2.17.